The second kappa shape index (κ2) is 5.87. The van der Waals surface area contributed by atoms with Gasteiger partial charge >= 0.3 is 0 Å². The predicted molar refractivity (Wildman–Crippen MR) is 74.5 cm³/mol. The van der Waals surface area contributed by atoms with E-state index in [-0.39, 0.29) is 0 Å². The van der Waals surface area contributed by atoms with Crippen LogP contribution in [0.1, 0.15) is 19.7 Å². The molecule has 0 atom stereocenters. The van der Waals surface area contributed by atoms with Gasteiger partial charge in [-0.2, -0.15) is 0 Å². The van der Waals surface area contributed by atoms with Crippen LogP contribution in [0.5, 0.6) is 0 Å². The van der Waals surface area contributed by atoms with Crippen LogP contribution < -0.4 is 4.90 Å². The maximum atomic E-state index is 5.82. The lowest BCUT2D eigenvalue weighted by Gasteiger charge is -2.21. The van der Waals surface area contributed by atoms with Crippen LogP contribution in [0.3, 0.4) is 0 Å². The Kier molecular flexibility index (Phi) is 4.20. The minimum atomic E-state index is 0.359. The van der Waals surface area contributed by atoms with E-state index in [4.69, 9.17) is 11.6 Å². The molecule has 2 rings (SSSR count). The molecule has 0 N–H and O–H groups in total. The Hall–Kier alpha value is -1.55. The molecule has 0 aliphatic carbocycles. The Balaban J connectivity index is 2.27. The van der Waals surface area contributed by atoms with E-state index in [1.54, 1.807) is 6.33 Å². The molecule has 1 aromatic carbocycles. The number of hydrogen-bond acceptors (Lipinski definition) is 3. The van der Waals surface area contributed by atoms with Gasteiger partial charge in [0, 0.05) is 24.5 Å². The molecule has 96 valence electrons. The molecule has 0 bridgehead atoms. The highest BCUT2D eigenvalue weighted by Crippen LogP contribution is 2.18. The number of aromatic nitrogens is 3. The SMILES string of the molecule is CCN(CC)c1ccc(-n2cnnc2CCl)cc1. The van der Waals surface area contributed by atoms with Crippen LogP contribution in [0.25, 0.3) is 5.69 Å². The summed E-state index contributed by atoms with van der Waals surface area (Å²) >= 11 is 5.82. The van der Waals surface area contributed by atoms with Crippen LogP contribution in [0.15, 0.2) is 30.6 Å². The van der Waals surface area contributed by atoms with Crippen molar-refractivity contribution in [1.29, 1.82) is 0 Å². The summed E-state index contributed by atoms with van der Waals surface area (Å²) in [7, 11) is 0. The molecule has 1 heterocycles. The van der Waals surface area contributed by atoms with Gasteiger partial charge in [-0.15, -0.1) is 21.8 Å². The van der Waals surface area contributed by atoms with Crippen molar-refractivity contribution in [2.45, 2.75) is 19.7 Å². The molecular formula is C13H17ClN4. The lowest BCUT2D eigenvalue weighted by Crippen LogP contribution is -2.21. The largest absolute Gasteiger partial charge is 0.372 e. The van der Waals surface area contributed by atoms with Crippen molar-refractivity contribution in [2.75, 3.05) is 18.0 Å². The van der Waals surface area contributed by atoms with Gasteiger partial charge < -0.3 is 4.90 Å². The molecule has 0 unspecified atom stereocenters. The fourth-order valence-corrected chi connectivity index (χ4v) is 2.16. The van der Waals surface area contributed by atoms with E-state index in [1.807, 2.05) is 4.57 Å². The number of anilines is 1. The van der Waals surface area contributed by atoms with Gasteiger partial charge in [-0.3, -0.25) is 4.57 Å². The van der Waals surface area contributed by atoms with Crippen molar-refractivity contribution >= 4 is 17.3 Å². The van der Waals surface area contributed by atoms with Gasteiger partial charge in [0.05, 0.1) is 5.88 Å². The quantitative estimate of drug-likeness (QED) is 0.779. The molecule has 0 aliphatic rings. The summed E-state index contributed by atoms with van der Waals surface area (Å²) in [6, 6.07) is 8.35. The zero-order chi connectivity index (χ0) is 13.0. The first kappa shape index (κ1) is 12.9. The van der Waals surface area contributed by atoms with Crippen LogP contribution in [0, 0.1) is 0 Å². The van der Waals surface area contributed by atoms with Gasteiger partial charge in [0.1, 0.15) is 6.33 Å². The van der Waals surface area contributed by atoms with Gasteiger partial charge in [0.2, 0.25) is 0 Å². The monoisotopic (exact) mass is 264 g/mol. The Morgan fingerprint density at radius 2 is 1.83 bits per heavy atom. The smallest absolute Gasteiger partial charge is 0.152 e. The van der Waals surface area contributed by atoms with E-state index in [0.29, 0.717) is 5.88 Å². The number of benzene rings is 1. The summed E-state index contributed by atoms with van der Waals surface area (Å²) < 4.78 is 1.90. The number of alkyl halides is 1. The maximum Gasteiger partial charge on any atom is 0.152 e. The van der Waals surface area contributed by atoms with Crippen molar-refractivity contribution in [3.05, 3.63) is 36.4 Å². The van der Waals surface area contributed by atoms with E-state index in [9.17, 15) is 0 Å². The highest BCUT2D eigenvalue weighted by molar-refractivity contribution is 6.16. The van der Waals surface area contributed by atoms with Crippen LogP contribution in [-0.4, -0.2) is 27.9 Å². The molecule has 0 aliphatic heterocycles. The van der Waals surface area contributed by atoms with Crippen LogP contribution in [0.2, 0.25) is 0 Å². The van der Waals surface area contributed by atoms with Gasteiger partial charge in [-0.1, -0.05) is 0 Å². The summed E-state index contributed by atoms with van der Waals surface area (Å²) in [5.74, 6) is 1.12. The highest BCUT2D eigenvalue weighted by Gasteiger charge is 2.06. The van der Waals surface area contributed by atoms with E-state index in [2.05, 4.69) is 53.2 Å². The van der Waals surface area contributed by atoms with E-state index in [1.165, 1.54) is 5.69 Å². The summed E-state index contributed by atoms with van der Waals surface area (Å²) in [5, 5.41) is 7.85. The van der Waals surface area contributed by atoms with Gasteiger partial charge in [-0.25, -0.2) is 0 Å². The second-order valence-electron chi connectivity index (χ2n) is 3.94. The average Bonchev–Trinajstić information content (AvgIpc) is 2.89. The van der Waals surface area contributed by atoms with Crippen molar-refractivity contribution < 1.29 is 0 Å². The molecule has 0 saturated heterocycles. The van der Waals surface area contributed by atoms with Crippen LogP contribution in [-0.2, 0) is 5.88 Å². The molecule has 0 spiro atoms. The molecule has 4 nitrogen and oxygen atoms in total. The van der Waals surface area contributed by atoms with Crippen LogP contribution in [0.4, 0.5) is 5.69 Å². The van der Waals surface area contributed by atoms with Gasteiger partial charge in [-0.05, 0) is 38.1 Å². The summed E-state index contributed by atoms with van der Waals surface area (Å²) in [4.78, 5) is 2.30. The first-order valence-electron chi connectivity index (χ1n) is 6.10. The lowest BCUT2D eigenvalue weighted by atomic mass is 10.2. The third kappa shape index (κ3) is 2.48. The molecule has 5 heteroatoms. The van der Waals surface area contributed by atoms with Crippen LogP contribution >= 0.6 is 11.6 Å². The second-order valence-corrected chi connectivity index (χ2v) is 4.21. The Morgan fingerprint density at radius 3 is 2.39 bits per heavy atom. The topological polar surface area (TPSA) is 34.0 Å². The highest BCUT2D eigenvalue weighted by atomic mass is 35.5. The molecule has 0 radical (unpaired) electrons. The van der Waals surface area contributed by atoms with Gasteiger partial charge in [0.15, 0.2) is 5.82 Å². The Bertz CT molecular complexity index is 488. The lowest BCUT2D eigenvalue weighted by molar-refractivity contribution is 0.865. The summed E-state index contributed by atoms with van der Waals surface area (Å²) in [5.41, 5.74) is 2.26. The molecule has 0 fully saturated rings. The van der Waals surface area contributed by atoms with Crippen molar-refractivity contribution in [3.8, 4) is 5.69 Å². The number of hydrogen-bond donors (Lipinski definition) is 0. The Morgan fingerprint density at radius 1 is 1.17 bits per heavy atom. The van der Waals surface area contributed by atoms with Crippen molar-refractivity contribution in [1.82, 2.24) is 14.8 Å². The number of halogens is 1. The summed E-state index contributed by atoms with van der Waals surface area (Å²) in [6.45, 7) is 6.33. The van der Waals surface area contributed by atoms with Crippen molar-refractivity contribution in [2.24, 2.45) is 0 Å². The molecule has 1 aromatic heterocycles. The van der Waals surface area contributed by atoms with E-state index >= 15 is 0 Å². The molecule has 2 aromatic rings. The minimum Gasteiger partial charge on any atom is -0.372 e. The number of rotatable bonds is 5. The number of nitrogens with zero attached hydrogens (tertiary/aromatic N) is 4. The standard InChI is InChI=1S/C13H17ClN4/c1-3-17(4-2)11-5-7-12(8-6-11)18-10-15-16-13(18)9-14/h5-8,10H,3-4,9H2,1-2H3. The molecule has 18 heavy (non-hydrogen) atoms. The zero-order valence-electron chi connectivity index (χ0n) is 10.7. The Labute approximate surface area is 112 Å². The van der Waals surface area contributed by atoms with Gasteiger partial charge in [0.25, 0.3) is 0 Å². The molecule has 0 saturated carbocycles. The zero-order valence-corrected chi connectivity index (χ0v) is 11.4. The van der Waals surface area contributed by atoms with Crippen molar-refractivity contribution in [3.63, 3.8) is 0 Å². The average molecular weight is 265 g/mol. The molecular weight excluding hydrogens is 248 g/mol. The first-order chi connectivity index (χ1) is 8.80. The fraction of sp³-hybridized carbons (Fsp3) is 0.385. The maximum absolute atomic E-state index is 5.82. The van der Waals surface area contributed by atoms with E-state index in [0.717, 1.165) is 24.6 Å². The third-order valence-electron chi connectivity index (χ3n) is 2.99. The minimum absolute atomic E-state index is 0.359. The van der Waals surface area contributed by atoms with E-state index < -0.39 is 0 Å². The fourth-order valence-electron chi connectivity index (χ4n) is 1.98. The normalized spacial score (nSPS) is 10.6. The third-order valence-corrected chi connectivity index (χ3v) is 3.23. The first-order valence-corrected chi connectivity index (χ1v) is 6.63. The predicted octanol–water partition coefficient (Wildman–Crippen LogP) is 2.85. The molecule has 0 amide bonds. The summed E-state index contributed by atoms with van der Waals surface area (Å²) in [6.07, 6.45) is 1.68.